The van der Waals surface area contributed by atoms with Gasteiger partial charge in [0.15, 0.2) is 5.78 Å². The number of rotatable bonds is 5. The molecular formula is C22H28NO. The Bertz CT molecular complexity index is 697. The van der Waals surface area contributed by atoms with Gasteiger partial charge in [-0.05, 0) is 75.8 Å². The zero-order chi connectivity index (χ0) is 17.3. The molecule has 2 heteroatoms. The van der Waals surface area contributed by atoms with Crippen molar-refractivity contribution in [2.45, 2.75) is 52.5 Å². The summed E-state index contributed by atoms with van der Waals surface area (Å²) < 4.78 is 0. The predicted octanol–water partition coefficient (Wildman–Crippen LogP) is 4.57. The fourth-order valence-electron chi connectivity index (χ4n) is 3.45. The summed E-state index contributed by atoms with van der Waals surface area (Å²) in [5.41, 5.74) is 7.94. The number of Topliss-reactive ketones (excluding diaryl/α,β-unsaturated/α-hetero) is 1. The van der Waals surface area contributed by atoms with Gasteiger partial charge >= 0.3 is 0 Å². The van der Waals surface area contributed by atoms with Crippen molar-refractivity contribution in [3.63, 3.8) is 0 Å². The van der Waals surface area contributed by atoms with Crippen LogP contribution in [0.2, 0.25) is 0 Å². The SMILES string of the molecule is CC(C)N(C)CC1=CC=CC(CC2(C)CC[CH]C3=C(C3)C2=O)=C=C1. The molecule has 0 aromatic carbocycles. The van der Waals surface area contributed by atoms with Crippen LogP contribution in [0, 0.1) is 11.8 Å². The minimum Gasteiger partial charge on any atom is -0.300 e. The van der Waals surface area contributed by atoms with Crippen molar-refractivity contribution in [1.82, 2.24) is 4.90 Å². The third-order valence-corrected chi connectivity index (χ3v) is 5.48. The number of hydrogen-bond donors (Lipinski definition) is 0. The molecule has 0 heterocycles. The zero-order valence-corrected chi connectivity index (χ0v) is 15.4. The van der Waals surface area contributed by atoms with E-state index in [2.05, 4.69) is 69.2 Å². The van der Waals surface area contributed by atoms with Crippen LogP contribution >= 0.6 is 0 Å². The zero-order valence-electron chi connectivity index (χ0n) is 15.4. The largest absolute Gasteiger partial charge is 0.300 e. The highest BCUT2D eigenvalue weighted by Gasteiger charge is 2.43. The second kappa shape index (κ2) is 6.70. The van der Waals surface area contributed by atoms with E-state index in [1.54, 1.807) is 0 Å². The number of carbonyl (C=O) groups is 1. The van der Waals surface area contributed by atoms with E-state index >= 15 is 0 Å². The Labute approximate surface area is 146 Å². The fraction of sp³-hybridized carbons (Fsp3) is 0.500. The van der Waals surface area contributed by atoms with Crippen LogP contribution in [0.15, 0.2) is 52.3 Å². The molecule has 0 saturated carbocycles. The van der Waals surface area contributed by atoms with Gasteiger partial charge in [0, 0.05) is 18.0 Å². The second-order valence-electron chi connectivity index (χ2n) is 7.91. The smallest absolute Gasteiger partial charge is 0.165 e. The van der Waals surface area contributed by atoms with Gasteiger partial charge in [-0.25, -0.2) is 0 Å². The lowest BCUT2D eigenvalue weighted by Gasteiger charge is -2.26. The van der Waals surface area contributed by atoms with Crippen molar-refractivity contribution in [3.05, 3.63) is 58.7 Å². The highest BCUT2D eigenvalue weighted by Crippen LogP contribution is 2.47. The minimum absolute atomic E-state index is 0.274. The van der Waals surface area contributed by atoms with Crippen LogP contribution < -0.4 is 0 Å². The Kier molecular flexibility index (Phi) is 4.80. The Morgan fingerprint density at radius 1 is 1.38 bits per heavy atom. The third kappa shape index (κ3) is 3.71. The summed E-state index contributed by atoms with van der Waals surface area (Å²) in [5, 5.41) is 0. The highest BCUT2D eigenvalue weighted by molar-refractivity contribution is 6.05. The molecule has 1 atom stereocenters. The van der Waals surface area contributed by atoms with Crippen LogP contribution in [0.3, 0.4) is 0 Å². The number of hydrogen-bond acceptors (Lipinski definition) is 2. The summed E-state index contributed by atoms with van der Waals surface area (Å²) in [7, 11) is 2.14. The van der Waals surface area contributed by atoms with Gasteiger partial charge in [0.2, 0.25) is 0 Å². The quantitative estimate of drug-likeness (QED) is 0.691. The summed E-state index contributed by atoms with van der Waals surface area (Å²) >= 11 is 0. The average Bonchev–Trinajstić information content (AvgIpc) is 3.31. The van der Waals surface area contributed by atoms with Gasteiger partial charge in [-0.1, -0.05) is 30.7 Å². The number of carbonyl (C=O) groups excluding carboxylic acids is 1. The molecule has 0 N–H and O–H groups in total. The van der Waals surface area contributed by atoms with Gasteiger partial charge in [0.25, 0.3) is 0 Å². The molecule has 3 rings (SSSR count). The molecule has 0 spiro atoms. The molecule has 1 unspecified atom stereocenters. The molecule has 1 radical (unpaired) electrons. The monoisotopic (exact) mass is 322 g/mol. The first kappa shape index (κ1) is 17.2. The van der Waals surface area contributed by atoms with Crippen molar-refractivity contribution >= 4 is 5.78 Å². The van der Waals surface area contributed by atoms with Gasteiger partial charge in [0.05, 0.1) is 0 Å². The van der Waals surface area contributed by atoms with Crippen LogP contribution in [-0.4, -0.2) is 30.3 Å². The minimum atomic E-state index is -0.274. The molecule has 0 bridgehead atoms. The van der Waals surface area contributed by atoms with Crippen molar-refractivity contribution in [3.8, 4) is 0 Å². The van der Waals surface area contributed by atoms with E-state index in [9.17, 15) is 4.79 Å². The molecule has 24 heavy (non-hydrogen) atoms. The van der Waals surface area contributed by atoms with Crippen molar-refractivity contribution in [1.29, 1.82) is 0 Å². The maximum Gasteiger partial charge on any atom is 0.165 e. The lowest BCUT2D eigenvalue weighted by Crippen LogP contribution is -2.28. The summed E-state index contributed by atoms with van der Waals surface area (Å²) in [6.45, 7) is 7.46. The molecule has 0 aromatic heterocycles. The Morgan fingerprint density at radius 2 is 2.17 bits per heavy atom. The molecule has 3 aliphatic carbocycles. The molecular weight excluding hydrogens is 294 g/mol. The predicted molar refractivity (Wildman–Crippen MR) is 99.5 cm³/mol. The molecule has 0 aliphatic heterocycles. The van der Waals surface area contributed by atoms with Gasteiger partial charge in [-0.15, -0.1) is 5.73 Å². The van der Waals surface area contributed by atoms with E-state index in [4.69, 9.17) is 0 Å². The molecule has 2 nitrogen and oxygen atoms in total. The van der Waals surface area contributed by atoms with Crippen LogP contribution in [-0.2, 0) is 4.79 Å². The molecule has 0 saturated heterocycles. The van der Waals surface area contributed by atoms with E-state index in [-0.39, 0.29) is 5.41 Å². The lowest BCUT2D eigenvalue weighted by molar-refractivity contribution is -0.123. The lowest BCUT2D eigenvalue weighted by atomic mass is 9.75. The van der Waals surface area contributed by atoms with Crippen LogP contribution in [0.5, 0.6) is 0 Å². The first-order valence-electron chi connectivity index (χ1n) is 9.02. The molecule has 0 amide bonds. The van der Waals surface area contributed by atoms with E-state index in [0.29, 0.717) is 11.8 Å². The maximum atomic E-state index is 12.8. The van der Waals surface area contributed by atoms with Crippen molar-refractivity contribution < 1.29 is 4.79 Å². The topological polar surface area (TPSA) is 20.3 Å². The molecule has 0 fully saturated rings. The van der Waals surface area contributed by atoms with E-state index in [0.717, 1.165) is 43.4 Å². The normalized spacial score (nSPS) is 26.3. The van der Waals surface area contributed by atoms with Crippen molar-refractivity contribution in [2.75, 3.05) is 13.6 Å². The van der Waals surface area contributed by atoms with Crippen LogP contribution in [0.25, 0.3) is 0 Å². The van der Waals surface area contributed by atoms with Gasteiger partial charge < -0.3 is 0 Å². The van der Waals surface area contributed by atoms with Gasteiger partial charge in [0.1, 0.15) is 0 Å². The molecule has 3 aliphatic rings. The van der Waals surface area contributed by atoms with Crippen LogP contribution in [0.1, 0.15) is 46.5 Å². The van der Waals surface area contributed by atoms with Gasteiger partial charge in [-0.3, -0.25) is 9.69 Å². The molecule has 0 aromatic rings. The number of allylic oxidation sites excluding steroid dienone is 5. The second-order valence-corrected chi connectivity index (χ2v) is 7.91. The van der Waals surface area contributed by atoms with Crippen molar-refractivity contribution in [2.24, 2.45) is 5.41 Å². The van der Waals surface area contributed by atoms with Crippen LogP contribution in [0.4, 0.5) is 0 Å². The van der Waals surface area contributed by atoms with E-state index in [1.807, 2.05) is 0 Å². The maximum absolute atomic E-state index is 12.8. The fourth-order valence-corrected chi connectivity index (χ4v) is 3.45. The first-order valence-corrected chi connectivity index (χ1v) is 9.02. The third-order valence-electron chi connectivity index (χ3n) is 5.48. The Hall–Kier alpha value is -1.63. The van der Waals surface area contributed by atoms with E-state index in [1.165, 1.54) is 11.1 Å². The summed E-state index contributed by atoms with van der Waals surface area (Å²) in [4.78, 5) is 15.1. The number of ketones is 1. The Morgan fingerprint density at radius 3 is 2.92 bits per heavy atom. The highest BCUT2D eigenvalue weighted by atomic mass is 16.1. The summed E-state index contributed by atoms with van der Waals surface area (Å²) in [5.74, 6) is 0.367. The Balaban J connectivity index is 1.73. The number of nitrogens with zero attached hydrogens (tertiary/aromatic N) is 1. The number of likely N-dealkylation sites (N-methyl/N-ethyl adjacent to an activating group) is 1. The van der Waals surface area contributed by atoms with Gasteiger partial charge in [-0.2, -0.15) is 0 Å². The summed E-state index contributed by atoms with van der Waals surface area (Å²) in [6.07, 6.45) is 14.4. The summed E-state index contributed by atoms with van der Waals surface area (Å²) in [6, 6.07) is 0.523. The standard InChI is InChI=1S/C22H28NO/c1-16(2)23(4)15-18-8-5-7-17(10-11-18)14-22(3)12-6-9-19-13-20(19)21(22)24/h5,7-9,11,16H,6,12-15H2,1-4H3. The van der Waals surface area contributed by atoms with E-state index < -0.39 is 0 Å². The molecule has 127 valence electrons. The average molecular weight is 322 g/mol. The first-order chi connectivity index (χ1) is 11.4.